The molecule has 1 aromatic heterocycles. The van der Waals surface area contributed by atoms with Crippen LogP contribution >= 0.6 is 23.4 Å². The summed E-state index contributed by atoms with van der Waals surface area (Å²) in [6.45, 7) is 0.431. The lowest BCUT2D eigenvalue weighted by Crippen LogP contribution is -2.26. The first kappa shape index (κ1) is 20.4. The molecule has 0 aliphatic rings. The summed E-state index contributed by atoms with van der Waals surface area (Å²) >= 11 is 7.73. The maximum atomic E-state index is 13.7. The van der Waals surface area contributed by atoms with Gasteiger partial charge in [-0.15, -0.1) is 11.8 Å². The second kappa shape index (κ2) is 9.74. The average molecular weight is 434 g/mol. The van der Waals surface area contributed by atoms with Gasteiger partial charge in [-0.2, -0.15) is 5.10 Å². The van der Waals surface area contributed by atoms with Gasteiger partial charge in [-0.3, -0.25) is 9.48 Å². The number of benzene rings is 3. The Hall–Kier alpha value is -2.89. The lowest BCUT2D eigenvalue weighted by atomic mass is 9.90. The van der Waals surface area contributed by atoms with E-state index in [1.807, 2.05) is 36.4 Å². The third-order valence-corrected chi connectivity index (χ3v) is 6.47. The van der Waals surface area contributed by atoms with Gasteiger partial charge in [-0.25, -0.2) is 4.98 Å². The highest BCUT2D eigenvalue weighted by Gasteiger charge is 2.32. The lowest BCUT2D eigenvalue weighted by Gasteiger charge is -2.26. The minimum Gasteiger partial charge on any atom is -0.294 e. The molecular weight excluding hydrogens is 414 g/mol. The van der Waals surface area contributed by atoms with Gasteiger partial charge in [0.1, 0.15) is 12.7 Å². The number of rotatable bonds is 8. The molecule has 0 amide bonds. The number of ketones is 1. The van der Waals surface area contributed by atoms with Crippen molar-refractivity contribution in [2.24, 2.45) is 5.92 Å². The van der Waals surface area contributed by atoms with E-state index in [-0.39, 0.29) is 17.0 Å². The fourth-order valence-electron chi connectivity index (χ4n) is 3.34. The SMILES string of the molecule is O=C(c1ccc(Cl)cc1)[C@H](Cn1cncn1)[C@@H](Sc1ccccc1)c1ccccc1. The van der Waals surface area contributed by atoms with Crippen LogP contribution in [0.2, 0.25) is 5.02 Å². The van der Waals surface area contributed by atoms with Gasteiger partial charge in [0.15, 0.2) is 5.78 Å². The number of nitrogens with zero attached hydrogens (tertiary/aromatic N) is 3. The van der Waals surface area contributed by atoms with Crippen LogP contribution in [0.5, 0.6) is 0 Å². The minimum atomic E-state index is -0.347. The molecule has 30 heavy (non-hydrogen) atoms. The molecule has 0 aliphatic heterocycles. The van der Waals surface area contributed by atoms with E-state index in [1.165, 1.54) is 6.33 Å². The lowest BCUT2D eigenvalue weighted by molar-refractivity contribution is 0.0901. The second-order valence-corrected chi connectivity index (χ2v) is 8.51. The van der Waals surface area contributed by atoms with Crippen LogP contribution in [-0.2, 0) is 6.54 Å². The second-order valence-electron chi connectivity index (χ2n) is 6.86. The van der Waals surface area contributed by atoms with E-state index in [9.17, 15) is 4.79 Å². The number of aromatic nitrogens is 3. The molecule has 0 bridgehead atoms. The Morgan fingerprint density at radius 1 is 0.933 bits per heavy atom. The van der Waals surface area contributed by atoms with Gasteiger partial charge in [0.05, 0.1) is 12.5 Å². The quantitative estimate of drug-likeness (QED) is 0.254. The minimum absolute atomic E-state index is 0.0550. The highest BCUT2D eigenvalue weighted by atomic mass is 35.5. The van der Waals surface area contributed by atoms with Crippen molar-refractivity contribution < 1.29 is 4.79 Å². The molecule has 150 valence electrons. The summed E-state index contributed by atoms with van der Waals surface area (Å²) in [5.74, 6) is -0.292. The molecule has 0 radical (unpaired) electrons. The highest BCUT2D eigenvalue weighted by Crippen LogP contribution is 2.42. The predicted molar refractivity (Wildman–Crippen MR) is 121 cm³/mol. The van der Waals surface area contributed by atoms with Gasteiger partial charge in [0, 0.05) is 20.7 Å². The summed E-state index contributed by atoms with van der Waals surface area (Å²) in [5.41, 5.74) is 1.73. The number of carbonyl (C=O) groups is 1. The van der Waals surface area contributed by atoms with E-state index in [2.05, 4.69) is 34.3 Å². The third kappa shape index (κ3) is 4.99. The topological polar surface area (TPSA) is 47.8 Å². The van der Waals surface area contributed by atoms with Crippen LogP contribution in [0, 0.1) is 5.92 Å². The molecule has 0 saturated carbocycles. The summed E-state index contributed by atoms with van der Waals surface area (Å²) in [5, 5.41) is 4.76. The summed E-state index contributed by atoms with van der Waals surface area (Å²) in [7, 11) is 0. The van der Waals surface area contributed by atoms with Gasteiger partial charge in [0.2, 0.25) is 0 Å². The average Bonchev–Trinajstić information content (AvgIpc) is 3.31. The van der Waals surface area contributed by atoms with Crippen LogP contribution < -0.4 is 0 Å². The Morgan fingerprint density at radius 3 is 2.23 bits per heavy atom. The van der Waals surface area contributed by atoms with Gasteiger partial charge < -0.3 is 0 Å². The standard InChI is InChI=1S/C24H20ClN3OS/c25-20-13-11-18(12-14-20)23(29)22(15-28-17-26-16-27-28)24(19-7-3-1-4-8-19)30-21-9-5-2-6-10-21/h1-14,16-17,22,24H,15H2/t22-,24-/m0/s1. The molecule has 0 N–H and O–H groups in total. The summed E-state index contributed by atoms with van der Waals surface area (Å²) < 4.78 is 1.72. The molecule has 6 heteroatoms. The van der Waals surface area contributed by atoms with Crippen LogP contribution in [-0.4, -0.2) is 20.5 Å². The summed E-state index contributed by atoms with van der Waals surface area (Å²) in [6.07, 6.45) is 3.14. The normalized spacial score (nSPS) is 13.0. The number of halogens is 1. The Labute approximate surface area is 184 Å². The Balaban J connectivity index is 1.75. The number of thioether (sulfide) groups is 1. The first-order valence-corrected chi connectivity index (χ1v) is 10.9. The fourth-order valence-corrected chi connectivity index (χ4v) is 4.74. The molecule has 4 nitrogen and oxygen atoms in total. The first-order valence-electron chi connectivity index (χ1n) is 9.59. The van der Waals surface area contributed by atoms with Crippen LogP contribution in [0.4, 0.5) is 0 Å². The molecule has 4 rings (SSSR count). The van der Waals surface area contributed by atoms with Crippen LogP contribution in [0.3, 0.4) is 0 Å². The molecular formula is C24H20ClN3OS. The van der Waals surface area contributed by atoms with E-state index in [0.29, 0.717) is 17.1 Å². The van der Waals surface area contributed by atoms with Crippen molar-refractivity contribution in [2.45, 2.75) is 16.7 Å². The van der Waals surface area contributed by atoms with Gasteiger partial charge in [0.25, 0.3) is 0 Å². The zero-order valence-corrected chi connectivity index (χ0v) is 17.7. The largest absolute Gasteiger partial charge is 0.294 e. The van der Waals surface area contributed by atoms with Crippen LogP contribution in [0.15, 0.2) is 102 Å². The number of carbonyl (C=O) groups excluding carboxylic acids is 1. The number of hydrogen-bond donors (Lipinski definition) is 0. The zero-order valence-electron chi connectivity index (χ0n) is 16.1. The van der Waals surface area contributed by atoms with E-state index in [1.54, 1.807) is 47.0 Å². The zero-order chi connectivity index (χ0) is 20.8. The molecule has 3 aromatic carbocycles. The van der Waals surface area contributed by atoms with Crippen LogP contribution in [0.1, 0.15) is 21.2 Å². The van der Waals surface area contributed by atoms with Gasteiger partial charge in [-0.05, 0) is 42.0 Å². The summed E-state index contributed by atoms with van der Waals surface area (Å²) in [6, 6.07) is 27.4. The Morgan fingerprint density at radius 2 is 1.60 bits per heavy atom. The van der Waals surface area contributed by atoms with E-state index >= 15 is 0 Å². The van der Waals surface area contributed by atoms with E-state index in [4.69, 9.17) is 11.6 Å². The van der Waals surface area contributed by atoms with E-state index in [0.717, 1.165) is 10.5 Å². The molecule has 0 saturated heterocycles. The molecule has 4 aromatic rings. The molecule has 1 heterocycles. The van der Waals surface area contributed by atoms with Crippen molar-refractivity contribution >= 4 is 29.1 Å². The Bertz CT molecular complexity index is 1070. The predicted octanol–water partition coefficient (Wildman–Crippen LogP) is 5.96. The molecule has 0 unspecified atom stereocenters. The van der Waals surface area contributed by atoms with E-state index < -0.39 is 0 Å². The van der Waals surface area contributed by atoms with Crippen molar-refractivity contribution in [3.8, 4) is 0 Å². The van der Waals surface area contributed by atoms with Crippen molar-refractivity contribution in [1.29, 1.82) is 0 Å². The highest BCUT2D eigenvalue weighted by molar-refractivity contribution is 7.99. The van der Waals surface area contributed by atoms with Crippen molar-refractivity contribution in [1.82, 2.24) is 14.8 Å². The Kier molecular flexibility index (Phi) is 6.62. The van der Waals surface area contributed by atoms with Crippen molar-refractivity contribution in [3.05, 3.63) is 114 Å². The van der Waals surface area contributed by atoms with Crippen LogP contribution in [0.25, 0.3) is 0 Å². The number of hydrogen-bond acceptors (Lipinski definition) is 4. The maximum absolute atomic E-state index is 13.7. The van der Waals surface area contributed by atoms with Crippen molar-refractivity contribution in [3.63, 3.8) is 0 Å². The van der Waals surface area contributed by atoms with Gasteiger partial charge in [-0.1, -0.05) is 60.1 Å². The molecule has 0 aliphatic carbocycles. The smallest absolute Gasteiger partial charge is 0.169 e. The third-order valence-electron chi connectivity index (χ3n) is 4.82. The molecule has 2 atom stereocenters. The fraction of sp³-hybridized carbons (Fsp3) is 0.125. The number of Topliss-reactive ketones (excluding diaryl/α,β-unsaturated/α-hetero) is 1. The van der Waals surface area contributed by atoms with Gasteiger partial charge >= 0.3 is 0 Å². The first-order chi connectivity index (χ1) is 14.7. The maximum Gasteiger partial charge on any atom is 0.169 e. The summed E-state index contributed by atoms with van der Waals surface area (Å²) in [4.78, 5) is 18.8. The molecule has 0 fully saturated rings. The van der Waals surface area contributed by atoms with Crippen molar-refractivity contribution in [2.75, 3.05) is 0 Å². The molecule has 0 spiro atoms. The monoisotopic (exact) mass is 433 g/mol.